The molecular weight excluding hydrogens is 472 g/mol. The minimum atomic E-state index is -0.328. The summed E-state index contributed by atoms with van der Waals surface area (Å²) in [6.45, 7) is 11.5. The maximum absolute atomic E-state index is 13.1. The molecule has 0 aromatic heterocycles. The van der Waals surface area contributed by atoms with Crippen LogP contribution in [0.5, 0.6) is 0 Å². The quantitative estimate of drug-likeness (QED) is 0.197. The Morgan fingerprint density at radius 3 is 2.25 bits per heavy atom. The van der Waals surface area contributed by atoms with Crippen molar-refractivity contribution in [3.8, 4) is 0 Å². The summed E-state index contributed by atoms with van der Waals surface area (Å²) in [5.74, 6) is 0.252. The summed E-state index contributed by atoms with van der Waals surface area (Å²) < 4.78 is 13.1. The van der Waals surface area contributed by atoms with Gasteiger partial charge in [-0.3, -0.25) is 14.7 Å². The molecule has 1 aromatic carbocycles. The molecule has 28 heavy (non-hydrogen) atoms. The fourth-order valence-corrected chi connectivity index (χ4v) is 2.91. The van der Waals surface area contributed by atoms with E-state index in [1.165, 1.54) is 12.1 Å². The smallest absolute Gasteiger partial charge is 0.224 e. The number of hydrogen-bond donors (Lipinski definition) is 3. The second-order valence-electron chi connectivity index (χ2n) is 7.01. The number of carbonyl (C=O) groups is 1. The number of halogens is 2. The Hall–Kier alpha value is -1.42. The first-order chi connectivity index (χ1) is 12.8. The van der Waals surface area contributed by atoms with Gasteiger partial charge in [0, 0.05) is 45.3 Å². The normalized spacial score (nSPS) is 11.5. The Labute approximate surface area is 185 Å². The van der Waals surface area contributed by atoms with Crippen LogP contribution in [0.15, 0.2) is 29.3 Å². The molecule has 0 aliphatic carbocycles. The van der Waals surface area contributed by atoms with Gasteiger partial charge in [-0.1, -0.05) is 12.1 Å². The van der Waals surface area contributed by atoms with Gasteiger partial charge < -0.3 is 16.0 Å². The van der Waals surface area contributed by atoms with Crippen LogP contribution >= 0.6 is 24.0 Å². The molecule has 0 bridgehead atoms. The first kappa shape index (κ1) is 26.6. The van der Waals surface area contributed by atoms with Crippen molar-refractivity contribution in [1.29, 1.82) is 0 Å². The number of rotatable bonds is 10. The van der Waals surface area contributed by atoms with E-state index >= 15 is 0 Å². The van der Waals surface area contributed by atoms with Crippen LogP contribution in [0.25, 0.3) is 0 Å². The first-order valence-corrected chi connectivity index (χ1v) is 9.55. The van der Waals surface area contributed by atoms with Gasteiger partial charge in [-0.25, -0.2) is 4.39 Å². The van der Waals surface area contributed by atoms with Crippen molar-refractivity contribution >= 4 is 35.8 Å². The van der Waals surface area contributed by atoms with Crippen molar-refractivity contribution in [2.45, 2.75) is 46.2 Å². The molecule has 0 fully saturated rings. The lowest BCUT2D eigenvalue weighted by molar-refractivity contribution is -0.120. The molecule has 6 nitrogen and oxygen atoms in total. The Morgan fingerprint density at radius 2 is 1.68 bits per heavy atom. The summed E-state index contributed by atoms with van der Waals surface area (Å²) in [5, 5.41) is 9.28. The van der Waals surface area contributed by atoms with Crippen molar-refractivity contribution in [3.05, 3.63) is 35.6 Å². The summed E-state index contributed by atoms with van der Waals surface area (Å²) >= 11 is 0. The SMILES string of the molecule is CN=C(NCCNC(=O)Cc1cccc(F)c1)NCCN(C(C)C)C(C)C.I. The van der Waals surface area contributed by atoms with E-state index in [-0.39, 0.29) is 42.1 Å². The number of nitrogens with one attached hydrogen (secondary N) is 3. The minimum absolute atomic E-state index is 0. The van der Waals surface area contributed by atoms with Gasteiger partial charge in [0.25, 0.3) is 0 Å². The largest absolute Gasteiger partial charge is 0.355 e. The van der Waals surface area contributed by atoms with Gasteiger partial charge in [0.05, 0.1) is 6.42 Å². The van der Waals surface area contributed by atoms with Crippen molar-refractivity contribution in [2.75, 3.05) is 33.2 Å². The second-order valence-corrected chi connectivity index (χ2v) is 7.01. The van der Waals surface area contributed by atoms with Crippen molar-refractivity contribution < 1.29 is 9.18 Å². The van der Waals surface area contributed by atoms with Gasteiger partial charge in [-0.15, -0.1) is 24.0 Å². The van der Waals surface area contributed by atoms with Crippen LogP contribution in [-0.4, -0.2) is 62.1 Å². The van der Waals surface area contributed by atoms with E-state index < -0.39 is 0 Å². The third-order valence-corrected chi connectivity index (χ3v) is 4.21. The summed E-state index contributed by atoms with van der Waals surface area (Å²) in [6, 6.07) is 7.08. The first-order valence-electron chi connectivity index (χ1n) is 9.55. The van der Waals surface area contributed by atoms with Crippen molar-refractivity contribution in [2.24, 2.45) is 4.99 Å². The lowest BCUT2D eigenvalue weighted by atomic mass is 10.1. The van der Waals surface area contributed by atoms with E-state index in [0.29, 0.717) is 36.7 Å². The Morgan fingerprint density at radius 1 is 1.07 bits per heavy atom. The Bertz CT molecular complexity index is 602. The number of nitrogens with zero attached hydrogens (tertiary/aromatic N) is 2. The van der Waals surface area contributed by atoms with Crippen molar-refractivity contribution in [1.82, 2.24) is 20.9 Å². The van der Waals surface area contributed by atoms with E-state index in [0.717, 1.165) is 13.1 Å². The van der Waals surface area contributed by atoms with Crippen LogP contribution in [0, 0.1) is 5.82 Å². The minimum Gasteiger partial charge on any atom is -0.355 e. The molecule has 0 radical (unpaired) electrons. The third kappa shape index (κ3) is 10.8. The fourth-order valence-electron chi connectivity index (χ4n) is 2.91. The van der Waals surface area contributed by atoms with Crippen LogP contribution in [0.1, 0.15) is 33.3 Å². The van der Waals surface area contributed by atoms with E-state index in [1.807, 2.05) is 0 Å². The molecule has 1 amide bonds. The number of aliphatic imine (C=N–C) groups is 1. The summed E-state index contributed by atoms with van der Waals surface area (Å²) in [7, 11) is 1.72. The molecule has 8 heteroatoms. The van der Waals surface area contributed by atoms with Crippen LogP contribution in [-0.2, 0) is 11.2 Å². The van der Waals surface area contributed by atoms with Crippen LogP contribution in [0.4, 0.5) is 4.39 Å². The topological polar surface area (TPSA) is 68.8 Å². The van der Waals surface area contributed by atoms with Gasteiger partial charge in [-0.05, 0) is 45.4 Å². The number of amides is 1. The van der Waals surface area contributed by atoms with E-state index in [9.17, 15) is 9.18 Å². The summed E-state index contributed by atoms with van der Waals surface area (Å²) in [5.41, 5.74) is 0.665. The van der Waals surface area contributed by atoms with Crippen LogP contribution in [0.3, 0.4) is 0 Å². The molecule has 0 aliphatic rings. The van der Waals surface area contributed by atoms with Gasteiger partial charge in [0.2, 0.25) is 5.91 Å². The highest BCUT2D eigenvalue weighted by atomic mass is 127. The van der Waals surface area contributed by atoms with Gasteiger partial charge in [0.1, 0.15) is 5.82 Å². The van der Waals surface area contributed by atoms with E-state index in [2.05, 4.69) is 53.5 Å². The monoisotopic (exact) mass is 507 g/mol. The zero-order valence-electron chi connectivity index (χ0n) is 17.6. The predicted molar refractivity (Wildman–Crippen MR) is 125 cm³/mol. The number of guanidine groups is 1. The standard InChI is InChI=1S/C20H34FN5O.HI/c1-15(2)26(16(3)4)12-11-25-20(22-5)24-10-9-23-19(27)14-17-7-6-8-18(21)13-17;/h6-8,13,15-16H,9-12,14H2,1-5H3,(H,23,27)(H2,22,24,25);1H. The lowest BCUT2D eigenvalue weighted by Gasteiger charge is -2.30. The highest BCUT2D eigenvalue weighted by Gasteiger charge is 2.12. The van der Waals surface area contributed by atoms with E-state index in [1.54, 1.807) is 19.2 Å². The van der Waals surface area contributed by atoms with Crippen molar-refractivity contribution in [3.63, 3.8) is 0 Å². The molecule has 0 unspecified atom stereocenters. The zero-order valence-corrected chi connectivity index (χ0v) is 19.9. The summed E-state index contributed by atoms with van der Waals surface area (Å²) in [4.78, 5) is 18.5. The average molecular weight is 507 g/mol. The number of benzene rings is 1. The Kier molecular flexibility index (Phi) is 13.8. The zero-order chi connectivity index (χ0) is 20.2. The van der Waals surface area contributed by atoms with Gasteiger partial charge in [0.15, 0.2) is 5.96 Å². The maximum atomic E-state index is 13.1. The highest BCUT2D eigenvalue weighted by Crippen LogP contribution is 2.04. The van der Waals surface area contributed by atoms with E-state index in [4.69, 9.17) is 0 Å². The molecule has 1 rings (SSSR count). The third-order valence-electron chi connectivity index (χ3n) is 4.21. The molecule has 0 heterocycles. The molecule has 0 saturated heterocycles. The number of hydrogen-bond acceptors (Lipinski definition) is 3. The number of carbonyl (C=O) groups excluding carboxylic acids is 1. The van der Waals surface area contributed by atoms with Crippen LogP contribution < -0.4 is 16.0 Å². The van der Waals surface area contributed by atoms with Gasteiger partial charge >= 0.3 is 0 Å². The molecule has 0 atom stereocenters. The average Bonchev–Trinajstić information content (AvgIpc) is 2.59. The molecule has 0 aliphatic heterocycles. The Balaban J connectivity index is 0.00000729. The highest BCUT2D eigenvalue weighted by molar-refractivity contribution is 14.0. The van der Waals surface area contributed by atoms with Gasteiger partial charge in [-0.2, -0.15) is 0 Å². The molecule has 1 aromatic rings. The second kappa shape index (κ2) is 14.6. The lowest BCUT2D eigenvalue weighted by Crippen LogP contribution is -2.46. The molecule has 3 N–H and O–H groups in total. The summed E-state index contributed by atoms with van der Waals surface area (Å²) in [6.07, 6.45) is 0.172. The molecular formula is C20H35FIN5O. The molecule has 160 valence electrons. The predicted octanol–water partition coefficient (Wildman–Crippen LogP) is 2.39. The molecule has 0 saturated carbocycles. The maximum Gasteiger partial charge on any atom is 0.224 e. The molecule has 0 spiro atoms. The fraction of sp³-hybridized carbons (Fsp3) is 0.600. The van der Waals surface area contributed by atoms with Crippen LogP contribution in [0.2, 0.25) is 0 Å².